The Balaban J connectivity index is 2.55. The van der Waals surface area contributed by atoms with Gasteiger partial charge in [-0.2, -0.15) is 0 Å². The van der Waals surface area contributed by atoms with Crippen LogP contribution in [-0.4, -0.2) is 39.4 Å². The van der Waals surface area contributed by atoms with Crippen LogP contribution in [-0.2, 0) is 4.74 Å². The Bertz CT molecular complexity index is 659. The maximum absolute atomic E-state index is 11.6. The fraction of sp³-hybridized carbons (Fsp3) is 0.250. The summed E-state index contributed by atoms with van der Waals surface area (Å²) in [4.78, 5) is 15.6. The minimum atomic E-state index is -0.491. The van der Waals surface area contributed by atoms with Gasteiger partial charge in [0.1, 0.15) is 5.69 Å². The molecule has 0 aliphatic carbocycles. The normalized spacial score (nSPS) is 10.0. The molecule has 1 aromatic heterocycles. The zero-order chi connectivity index (χ0) is 16.1. The highest BCUT2D eigenvalue weighted by Crippen LogP contribution is 2.41. The molecular formula is C16H17NO5. The number of carbonyl (C=O) groups excluding carboxylic acids is 1. The molecule has 6 heteroatoms. The van der Waals surface area contributed by atoms with Crippen LogP contribution in [0.15, 0.2) is 30.5 Å². The number of esters is 1. The van der Waals surface area contributed by atoms with E-state index in [1.807, 2.05) is 0 Å². The zero-order valence-corrected chi connectivity index (χ0v) is 12.9. The molecule has 2 aromatic rings. The molecule has 6 nitrogen and oxygen atoms in total. The van der Waals surface area contributed by atoms with Crippen molar-refractivity contribution < 1.29 is 23.7 Å². The molecule has 0 fully saturated rings. The van der Waals surface area contributed by atoms with Gasteiger partial charge in [-0.25, -0.2) is 9.78 Å². The van der Waals surface area contributed by atoms with Gasteiger partial charge < -0.3 is 18.9 Å². The molecule has 0 aliphatic rings. The van der Waals surface area contributed by atoms with Crippen LogP contribution < -0.4 is 14.2 Å². The number of hydrogen-bond acceptors (Lipinski definition) is 6. The Hall–Kier alpha value is -2.76. The highest BCUT2D eigenvalue weighted by Gasteiger charge is 2.15. The Morgan fingerprint density at radius 1 is 0.909 bits per heavy atom. The summed E-state index contributed by atoms with van der Waals surface area (Å²) in [6, 6.07) is 7.04. The van der Waals surface area contributed by atoms with Crippen LogP contribution in [0.3, 0.4) is 0 Å². The highest BCUT2D eigenvalue weighted by atomic mass is 16.5. The topological polar surface area (TPSA) is 66.9 Å². The molecule has 0 unspecified atom stereocenters. The molecule has 0 saturated heterocycles. The lowest BCUT2D eigenvalue weighted by molar-refractivity contribution is 0.0594. The van der Waals surface area contributed by atoms with E-state index in [0.29, 0.717) is 17.2 Å². The molecule has 0 bridgehead atoms. The summed E-state index contributed by atoms with van der Waals surface area (Å²) in [6.45, 7) is 0. The van der Waals surface area contributed by atoms with Gasteiger partial charge in [-0.3, -0.25) is 0 Å². The molecule has 0 spiro atoms. The largest absolute Gasteiger partial charge is 0.493 e. The molecule has 1 heterocycles. The monoisotopic (exact) mass is 303 g/mol. The molecule has 0 N–H and O–H groups in total. The SMILES string of the molecule is COC(=O)c1cc(-c2cc(OC)c(OC)c(OC)c2)ccn1. The lowest BCUT2D eigenvalue weighted by Crippen LogP contribution is -2.04. The molecule has 1 aromatic carbocycles. The summed E-state index contributed by atoms with van der Waals surface area (Å²) < 4.78 is 20.6. The minimum Gasteiger partial charge on any atom is -0.493 e. The second kappa shape index (κ2) is 6.80. The molecule has 0 radical (unpaired) electrons. The quantitative estimate of drug-likeness (QED) is 0.791. The summed E-state index contributed by atoms with van der Waals surface area (Å²) in [7, 11) is 5.96. The summed E-state index contributed by atoms with van der Waals surface area (Å²) in [5, 5.41) is 0. The van der Waals surface area contributed by atoms with Crippen LogP contribution in [0.4, 0.5) is 0 Å². The van der Waals surface area contributed by atoms with Crippen molar-refractivity contribution in [3.05, 3.63) is 36.2 Å². The number of rotatable bonds is 5. The predicted octanol–water partition coefficient (Wildman–Crippen LogP) is 2.56. The Morgan fingerprint density at radius 2 is 1.55 bits per heavy atom. The standard InChI is InChI=1S/C16H17NO5/c1-19-13-8-11(9-14(20-2)15(13)21-3)10-5-6-17-12(7-10)16(18)22-4/h5-9H,1-4H3. The van der Waals surface area contributed by atoms with Crippen molar-refractivity contribution in [2.24, 2.45) is 0 Å². The number of pyridine rings is 1. The average Bonchev–Trinajstić information content (AvgIpc) is 2.59. The number of nitrogens with zero attached hydrogens (tertiary/aromatic N) is 1. The van der Waals surface area contributed by atoms with Gasteiger partial charge in [0.05, 0.1) is 28.4 Å². The van der Waals surface area contributed by atoms with Crippen LogP contribution in [0.2, 0.25) is 0 Å². The van der Waals surface area contributed by atoms with E-state index in [-0.39, 0.29) is 5.69 Å². The van der Waals surface area contributed by atoms with Crippen LogP contribution in [0, 0.1) is 0 Å². The number of ether oxygens (including phenoxy) is 4. The summed E-state index contributed by atoms with van der Waals surface area (Å²) in [5.41, 5.74) is 1.82. The molecule has 0 atom stereocenters. The molecule has 116 valence electrons. The van der Waals surface area contributed by atoms with E-state index in [9.17, 15) is 4.79 Å². The van der Waals surface area contributed by atoms with Crippen LogP contribution >= 0.6 is 0 Å². The van der Waals surface area contributed by atoms with Gasteiger partial charge in [-0.05, 0) is 35.4 Å². The van der Waals surface area contributed by atoms with Gasteiger partial charge in [0.2, 0.25) is 5.75 Å². The smallest absolute Gasteiger partial charge is 0.356 e. The van der Waals surface area contributed by atoms with Crippen molar-refractivity contribution >= 4 is 5.97 Å². The highest BCUT2D eigenvalue weighted by molar-refractivity contribution is 5.89. The van der Waals surface area contributed by atoms with E-state index in [0.717, 1.165) is 11.1 Å². The third-order valence-corrected chi connectivity index (χ3v) is 3.15. The van der Waals surface area contributed by atoms with E-state index in [1.54, 1.807) is 51.8 Å². The second-order valence-corrected chi connectivity index (χ2v) is 4.34. The van der Waals surface area contributed by atoms with Gasteiger partial charge in [0.25, 0.3) is 0 Å². The van der Waals surface area contributed by atoms with Gasteiger partial charge >= 0.3 is 5.97 Å². The molecule has 0 saturated carbocycles. The number of carbonyl (C=O) groups is 1. The first-order chi connectivity index (χ1) is 10.6. The minimum absolute atomic E-state index is 0.230. The first-order valence-corrected chi connectivity index (χ1v) is 6.49. The first kappa shape index (κ1) is 15.6. The maximum Gasteiger partial charge on any atom is 0.356 e. The summed E-state index contributed by atoms with van der Waals surface area (Å²) in [5.74, 6) is 1.09. The molecule has 2 rings (SSSR count). The third kappa shape index (κ3) is 2.95. The van der Waals surface area contributed by atoms with Gasteiger partial charge in [-0.1, -0.05) is 0 Å². The van der Waals surface area contributed by atoms with Gasteiger partial charge in [-0.15, -0.1) is 0 Å². The van der Waals surface area contributed by atoms with Crippen molar-refractivity contribution in [3.63, 3.8) is 0 Å². The maximum atomic E-state index is 11.6. The number of benzene rings is 1. The van der Waals surface area contributed by atoms with Gasteiger partial charge in [0.15, 0.2) is 11.5 Å². The van der Waals surface area contributed by atoms with E-state index in [2.05, 4.69) is 9.72 Å². The molecular weight excluding hydrogens is 286 g/mol. The molecule has 0 amide bonds. The number of methoxy groups -OCH3 is 4. The summed E-state index contributed by atoms with van der Waals surface area (Å²) >= 11 is 0. The Kier molecular flexibility index (Phi) is 4.83. The van der Waals surface area contributed by atoms with Crippen molar-refractivity contribution in [2.45, 2.75) is 0 Å². The first-order valence-electron chi connectivity index (χ1n) is 6.49. The van der Waals surface area contributed by atoms with Crippen molar-refractivity contribution in [3.8, 4) is 28.4 Å². The van der Waals surface area contributed by atoms with Crippen LogP contribution in [0.1, 0.15) is 10.5 Å². The Labute approximate surface area is 128 Å². The summed E-state index contributed by atoms with van der Waals surface area (Å²) in [6.07, 6.45) is 1.55. The van der Waals surface area contributed by atoms with E-state index in [1.165, 1.54) is 7.11 Å². The fourth-order valence-electron chi connectivity index (χ4n) is 2.07. The number of hydrogen-bond donors (Lipinski definition) is 0. The molecule has 0 aliphatic heterocycles. The zero-order valence-electron chi connectivity index (χ0n) is 12.9. The Morgan fingerprint density at radius 3 is 2.05 bits per heavy atom. The third-order valence-electron chi connectivity index (χ3n) is 3.15. The van der Waals surface area contributed by atoms with Crippen LogP contribution in [0.25, 0.3) is 11.1 Å². The lowest BCUT2D eigenvalue weighted by atomic mass is 10.0. The van der Waals surface area contributed by atoms with E-state index in [4.69, 9.17) is 14.2 Å². The van der Waals surface area contributed by atoms with Gasteiger partial charge in [0, 0.05) is 6.20 Å². The predicted molar refractivity (Wildman–Crippen MR) is 80.7 cm³/mol. The van der Waals surface area contributed by atoms with Crippen molar-refractivity contribution in [2.75, 3.05) is 28.4 Å². The number of aromatic nitrogens is 1. The molecule has 22 heavy (non-hydrogen) atoms. The van der Waals surface area contributed by atoms with Crippen LogP contribution in [0.5, 0.6) is 17.2 Å². The van der Waals surface area contributed by atoms with E-state index >= 15 is 0 Å². The van der Waals surface area contributed by atoms with Crippen molar-refractivity contribution in [1.82, 2.24) is 4.98 Å². The van der Waals surface area contributed by atoms with Crippen molar-refractivity contribution in [1.29, 1.82) is 0 Å². The average molecular weight is 303 g/mol. The second-order valence-electron chi connectivity index (χ2n) is 4.34. The lowest BCUT2D eigenvalue weighted by Gasteiger charge is -2.14. The fourth-order valence-corrected chi connectivity index (χ4v) is 2.07. The van der Waals surface area contributed by atoms with E-state index < -0.39 is 5.97 Å².